The summed E-state index contributed by atoms with van der Waals surface area (Å²) in [5.74, 6) is 0. The molecule has 0 spiro atoms. The van der Waals surface area contributed by atoms with Gasteiger partial charge in [0.05, 0.1) is 0 Å². The number of hydrogen-bond donors (Lipinski definition) is 1. The number of likely N-dealkylation sites (N-methyl/N-ethyl adjacent to an activating group) is 1. The van der Waals surface area contributed by atoms with Crippen LogP contribution in [0, 0.1) is 6.92 Å². The van der Waals surface area contributed by atoms with Crippen LogP contribution in [0.5, 0.6) is 0 Å². The standard InChI is InChI=1S/C15H26N2/c1-6-17(7-2)15(4,5)14(16)13-10-8-12(3)9-11-13/h8-11,14H,6-7,16H2,1-5H3. The van der Waals surface area contributed by atoms with Crippen LogP contribution in [0.15, 0.2) is 24.3 Å². The molecule has 0 saturated carbocycles. The summed E-state index contributed by atoms with van der Waals surface area (Å²) in [6.07, 6.45) is 0. The van der Waals surface area contributed by atoms with Crippen molar-refractivity contribution >= 4 is 0 Å². The van der Waals surface area contributed by atoms with Crippen molar-refractivity contribution in [3.63, 3.8) is 0 Å². The molecule has 0 aliphatic carbocycles. The third kappa shape index (κ3) is 3.08. The van der Waals surface area contributed by atoms with E-state index in [-0.39, 0.29) is 11.6 Å². The predicted molar refractivity (Wildman–Crippen MR) is 75.1 cm³/mol. The van der Waals surface area contributed by atoms with Gasteiger partial charge in [-0.05, 0) is 39.4 Å². The summed E-state index contributed by atoms with van der Waals surface area (Å²) in [4.78, 5) is 2.41. The van der Waals surface area contributed by atoms with Gasteiger partial charge in [-0.15, -0.1) is 0 Å². The second kappa shape index (κ2) is 5.65. The maximum absolute atomic E-state index is 6.43. The second-order valence-corrected chi connectivity index (χ2v) is 5.21. The molecular weight excluding hydrogens is 208 g/mol. The summed E-state index contributed by atoms with van der Waals surface area (Å²) < 4.78 is 0. The Bertz CT molecular complexity index is 336. The molecule has 1 unspecified atom stereocenters. The molecule has 0 bridgehead atoms. The molecule has 0 aliphatic heterocycles. The lowest BCUT2D eigenvalue weighted by molar-refractivity contribution is 0.107. The van der Waals surface area contributed by atoms with E-state index in [1.165, 1.54) is 11.1 Å². The van der Waals surface area contributed by atoms with E-state index in [4.69, 9.17) is 5.73 Å². The molecule has 1 rings (SSSR count). The normalized spacial score (nSPS) is 14.1. The smallest absolute Gasteiger partial charge is 0.0476 e. The van der Waals surface area contributed by atoms with Crippen LogP contribution in [0.1, 0.15) is 44.9 Å². The van der Waals surface area contributed by atoms with Crippen LogP contribution in [-0.2, 0) is 0 Å². The summed E-state index contributed by atoms with van der Waals surface area (Å²) in [7, 11) is 0. The minimum atomic E-state index is -0.0151. The Hall–Kier alpha value is -0.860. The van der Waals surface area contributed by atoms with Gasteiger partial charge < -0.3 is 5.73 Å². The number of aryl methyl sites for hydroxylation is 1. The highest BCUT2D eigenvalue weighted by Gasteiger charge is 2.32. The van der Waals surface area contributed by atoms with E-state index in [1.54, 1.807) is 0 Å². The molecular formula is C15H26N2. The number of hydrogen-bond acceptors (Lipinski definition) is 2. The molecule has 0 saturated heterocycles. The topological polar surface area (TPSA) is 29.3 Å². The highest BCUT2D eigenvalue weighted by molar-refractivity contribution is 5.26. The average Bonchev–Trinajstić information content (AvgIpc) is 2.30. The summed E-state index contributed by atoms with van der Waals surface area (Å²) in [5, 5.41) is 0. The van der Waals surface area contributed by atoms with E-state index in [0.29, 0.717) is 0 Å². The largest absolute Gasteiger partial charge is 0.322 e. The third-order valence-electron chi connectivity index (χ3n) is 3.78. The van der Waals surface area contributed by atoms with Crippen molar-refractivity contribution in [3.8, 4) is 0 Å². The predicted octanol–water partition coefficient (Wildman–Crippen LogP) is 3.12. The fourth-order valence-electron chi connectivity index (χ4n) is 2.42. The summed E-state index contributed by atoms with van der Waals surface area (Å²) in [5.41, 5.74) is 8.91. The van der Waals surface area contributed by atoms with Gasteiger partial charge in [0, 0.05) is 11.6 Å². The van der Waals surface area contributed by atoms with Gasteiger partial charge in [0.25, 0.3) is 0 Å². The van der Waals surface area contributed by atoms with Crippen LogP contribution >= 0.6 is 0 Å². The number of nitrogens with zero attached hydrogens (tertiary/aromatic N) is 1. The molecule has 96 valence electrons. The Labute approximate surface area is 106 Å². The Kier molecular flexibility index (Phi) is 4.72. The number of nitrogens with two attached hydrogens (primary N) is 1. The molecule has 0 aromatic heterocycles. The maximum Gasteiger partial charge on any atom is 0.0476 e. The fourth-order valence-corrected chi connectivity index (χ4v) is 2.42. The number of rotatable bonds is 5. The minimum absolute atomic E-state index is 0.0151. The molecule has 17 heavy (non-hydrogen) atoms. The zero-order chi connectivity index (χ0) is 13.1. The van der Waals surface area contributed by atoms with Gasteiger partial charge in [-0.25, -0.2) is 0 Å². The zero-order valence-corrected chi connectivity index (χ0v) is 11.8. The van der Waals surface area contributed by atoms with Gasteiger partial charge in [0.2, 0.25) is 0 Å². The third-order valence-corrected chi connectivity index (χ3v) is 3.78. The first-order valence-electron chi connectivity index (χ1n) is 6.50. The molecule has 0 aliphatic rings. The molecule has 1 atom stereocenters. The van der Waals surface area contributed by atoms with Crippen LogP contribution < -0.4 is 5.73 Å². The van der Waals surface area contributed by atoms with Gasteiger partial charge in [-0.3, -0.25) is 4.90 Å². The Morgan fingerprint density at radius 3 is 2.00 bits per heavy atom. The average molecular weight is 234 g/mol. The SMILES string of the molecule is CCN(CC)C(C)(C)C(N)c1ccc(C)cc1. The van der Waals surface area contributed by atoms with E-state index in [9.17, 15) is 0 Å². The van der Waals surface area contributed by atoms with E-state index in [2.05, 4.69) is 63.8 Å². The van der Waals surface area contributed by atoms with Crippen molar-refractivity contribution in [2.24, 2.45) is 5.73 Å². The van der Waals surface area contributed by atoms with Crippen molar-refractivity contribution in [1.29, 1.82) is 0 Å². The van der Waals surface area contributed by atoms with Gasteiger partial charge in [0.1, 0.15) is 0 Å². The first-order valence-corrected chi connectivity index (χ1v) is 6.50. The van der Waals surface area contributed by atoms with Gasteiger partial charge in [-0.1, -0.05) is 43.7 Å². The van der Waals surface area contributed by atoms with E-state index in [0.717, 1.165) is 13.1 Å². The highest BCUT2D eigenvalue weighted by Crippen LogP contribution is 2.28. The molecule has 0 heterocycles. The van der Waals surface area contributed by atoms with Crippen molar-refractivity contribution in [1.82, 2.24) is 4.90 Å². The molecule has 2 heteroatoms. The van der Waals surface area contributed by atoms with E-state index in [1.807, 2.05) is 0 Å². The lowest BCUT2D eigenvalue weighted by Gasteiger charge is -2.42. The molecule has 0 radical (unpaired) electrons. The van der Waals surface area contributed by atoms with Gasteiger partial charge >= 0.3 is 0 Å². The monoisotopic (exact) mass is 234 g/mol. The van der Waals surface area contributed by atoms with Crippen molar-refractivity contribution in [2.45, 2.75) is 46.2 Å². The first-order chi connectivity index (χ1) is 7.93. The van der Waals surface area contributed by atoms with Crippen LogP contribution in [0.3, 0.4) is 0 Å². The van der Waals surface area contributed by atoms with Crippen LogP contribution in [0.25, 0.3) is 0 Å². The fraction of sp³-hybridized carbons (Fsp3) is 0.600. The van der Waals surface area contributed by atoms with Gasteiger partial charge in [0.15, 0.2) is 0 Å². The molecule has 0 fully saturated rings. The summed E-state index contributed by atoms with van der Waals surface area (Å²) in [6, 6.07) is 8.60. The Morgan fingerprint density at radius 2 is 1.59 bits per heavy atom. The van der Waals surface area contributed by atoms with Gasteiger partial charge in [-0.2, -0.15) is 0 Å². The van der Waals surface area contributed by atoms with Crippen LogP contribution in [-0.4, -0.2) is 23.5 Å². The lowest BCUT2D eigenvalue weighted by Crippen LogP contribution is -2.51. The van der Waals surface area contributed by atoms with Crippen LogP contribution in [0.2, 0.25) is 0 Å². The minimum Gasteiger partial charge on any atom is -0.322 e. The van der Waals surface area contributed by atoms with Crippen molar-refractivity contribution in [2.75, 3.05) is 13.1 Å². The summed E-state index contributed by atoms with van der Waals surface area (Å²) >= 11 is 0. The van der Waals surface area contributed by atoms with Crippen LogP contribution in [0.4, 0.5) is 0 Å². The number of benzene rings is 1. The molecule has 0 amide bonds. The van der Waals surface area contributed by atoms with Crippen molar-refractivity contribution in [3.05, 3.63) is 35.4 Å². The molecule has 1 aromatic carbocycles. The second-order valence-electron chi connectivity index (χ2n) is 5.21. The first kappa shape index (κ1) is 14.2. The van der Waals surface area contributed by atoms with Crippen molar-refractivity contribution < 1.29 is 0 Å². The quantitative estimate of drug-likeness (QED) is 0.848. The maximum atomic E-state index is 6.43. The lowest BCUT2D eigenvalue weighted by atomic mass is 9.87. The van der Waals surface area contributed by atoms with E-state index >= 15 is 0 Å². The summed E-state index contributed by atoms with van der Waals surface area (Å²) in [6.45, 7) is 13.0. The zero-order valence-electron chi connectivity index (χ0n) is 11.8. The highest BCUT2D eigenvalue weighted by atomic mass is 15.2. The molecule has 2 N–H and O–H groups in total. The Morgan fingerprint density at radius 1 is 1.12 bits per heavy atom. The molecule has 1 aromatic rings. The Balaban J connectivity index is 2.94. The van der Waals surface area contributed by atoms with E-state index < -0.39 is 0 Å². The molecule has 2 nitrogen and oxygen atoms in total.